The predicted molar refractivity (Wildman–Crippen MR) is 89.2 cm³/mol. The van der Waals surface area contributed by atoms with Gasteiger partial charge in [0.15, 0.2) is 0 Å². The summed E-state index contributed by atoms with van der Waals surface area (Å²) in [7, 11) is 1.64. The van der Waals surface area contributed by atoms with Gasteiger partial charge in [0.2, 0.25) is 0 Å². The number of hydrogen-bond donors (Lipinski definition) is 2. The Hall–Kier alpha value is -2.75. The molecule has 2 aromatic carbocycles. The average Bonchev–Trinajstić information content (AvgIpc) is 2.50. The van der Waals surface area contributed by atoms with Gasteiger partial charge in [-0.3, -0.25) is 0 Å². The van der Waals surface area contributed by atoms with Crippen LogP contribution in [-0.2, 0) is 0 Å². The molecule has 0 aliphatic rings. The second-order valence-corrected chi connectivity index (χ2v) is 5.31. The Kier molecular flexibility index (Phi) is 3.59. The Labute approximate surface area is 129 Å². The van der Waals surface area contributed by atoms with E-state index in [-0.39, 0.29) is 5.75 Å². The molecule has 0 atom stereocenters. The van der Waals surface area contributed by atoms with Gasteiger partial charge in [0, 0.05) is 16.8 Å². The third-order valence-corrected chi connectivity index (χ3v) is 3.57. The molecule has 0 aliphatic heterocycles. The van der Waals surface area contributed by atoms with Crippen LogP contribution in [0.5, 0.6) is 11.5 Å². The van der Waals surface area contributed by atoms with E-state index in [4.69, 9.17) is 4.74 Å². The van der Waals surface area contributed by atoms with Crippen molar-refractivity contribution in [3.63, 3.8) is 0 Å². The summed E-state index contributed by atoms with van der Waals surface area (Å²) in [6.45, 7) is 3.93. The van der Waals surface area contributed by atoms with E-state index in [2.05, 4.69) is 10.3 Å². The minimum absolute atomic E-state index is 0.219. The second-order valence-electron chi connectivity index (χ2n) is 5.31. The standard InChI is InChI=1S/C18H18N2O2/c1-11-7-8-16(21)15(9-11)20-14-10-12(2)19-18-13(14)5-4-6-17(18)22-3/h4-10,21H,1-3H3,(H,19,20). The number of aromatic nitrogens is 1. The summed E-state index contributed by atoms with van der Waals surface area (Å²) < 4.78 is 5.39. The van der Waals surface area contributed by atoms with Crippen LogP contribution in [0.15, 0.2) is 42.5 Å². The predicted octanol–water partition coefficient (Wildman–Crippen LogP) is 4.31. The van der Waals surface area contributed by atoms with Gasteiger partial charge < -0.3 is 15.2 Å². The molecule has 1 aromatic heterocycles. The number of ether oxygens (including phenoxy) is 1. The zero-order valence-corrected chi connectivity index (χ0v) is 12.8. The Morgan fingerprint density at radius 1 is 1.05 bits per heavy atom. The van der Waals surface area contributed by atoms with Crippen molar-refractivity contribution in [2.75, 3.05) is 12.4 Å². The molecule has 0 fully saturated rings. The minimum Gasteiger partial charge on any atom is -0.506 e. The lowest BCUT2D eigenvalue weighted by atomic mass is 10.1. The number of aryl methyl sites for hydroxylation is 2. The van der Waals surface area contributed by atoms with E-state index < -0.39 is 0 Å². The first-order valence-corrected chi connectivity index (χ1v) is 7.09. The third kappa shape index (κ3) is 2.55. The van der Waals surface area contributed by atoms with Gasteiger partial charge in [-0.05, 0) is 43.7 Å². The monoisotopic (exact) mass is 294 g/mol. The van der Waals surface area contributed by atoms with E-state index in [1.54, 1.807) is 13.2 Å². The van der Waals surface area contributed by atoms with Crippen molar-refractivity contribution in [3.05, 3.63) is 53.7 Å². The normalized spacial score (nSPS) is 10.7. The van der Waals surface area contributed by atoms with Gasteiger partial charge in [0.05, 0.1) is 12.8 Å². The highest BCUT2D eigenvalue weighted by atomic mass is 16.5. The van der Waals surface area contributed by atoms with Crippen molar-refractivity contribution < 1.29 is 9.84 Å². The Balaban J connectivity index is 2.16. The molecule has 0 radical (unpaired) electrons. The van der Waals surface area contributed by atoms with Crippen LogP contribution in [-0.4, -0.2) is 17.2 Å². The summed E-state index contributed by atoms with van der Waals surface area (Å²) in [5.74, 6) is 0.953. The number of methoxy groups -OCH3 is 1. The van der Waals surface area contributed by atoms with Crippen molar-refractivity contribution in [1.82, 2.24) is 4.98 Å². The highest BCUT2D eigenvalue weighted by molar-refractivity contribution is 5.96. The molecule has 22 heavy (non-hydrogen) atoms. The number of benzene rings is 2. The summed E-state index contributed by atoms with van der Waals surface area (Å²) in [5.41, 5.74) is 4.33. The first-order chi connectivity index (χ1) is 10.6. The number of fused-ring (bicyclic) bond motifs is 1. The third-order valence-electron chi connectivity index (χ3n) is 3.57. The summed E-state index contributed by atoms with van der Waals surface area (Å²) in [5, 5.41) is 14.3. The van der Waals surface area contributed by atoms with Gasteiger partial charge in [-0.1, -0.05) is 18.2 Å². The maximum absolute atomic E-state index is 10.0. The number of nitrogens with one attached hydrogen (secondary N) is 1. The van der Waals surface area contributed by atoms with Gasteiger partial charge in [-0.15, -0.1) is 0 Å². The first-order valence-electron chi connectivity index (χ1n) is 7.09. The average molecular weight is 294 g/mol. The number of nitrogens with zero attached hydrogens (tertiary/aromatic N) is 1. The van der Waals surface area contributed by atoms with Crippen molar-refractivity contribution in [2.45, 2.75) is 13.8 Å². The summed E-state index contributed by atoms with van der Waals surface area (Å²) in [6, 6.07) is 13.2. The van der Waals surface area contributed by atoms with Crippen LogP contribution in [0.3, 0.4) is 0 Å². The number of pyridine rings is 1. The fourth-order valence-electron chi connectivity index (χ4n) is 2.51. The zero-order chi connectivity index (χ0) is 15.7. The Bertz CT molecular complexity index is 844. The van der Waals surface area contributed by atoms with E-state index in [1.165, 1.54) is 0 Å². The van der Waals surface area contributed by atoms with E-state index in [9.17, 15) is 5.11 Å². The number of phenols is 1. The molecule has 112 valence electrons. The van der Waals surface area contributed by atoms with Gasteiger partial charge in [-0.25, -0.2) is 4.98 Å². The molecule has 3 aromatic rings. The Morgan fingerprint density at radius 3 is 2.64 bits per heavy atom. The number of hydrogen-bond acceptors (Lipinski definition) is 4. The molecular weight excluding hydrogens is 276 g/mol. The molecule has 0 unspecified atom stereocenters. The highest BCUT2D eigenvalue weighted by Gasteiger charge is 2.10. The molecule has 0 bridgehead atoms. The van der Waals surface area contributed by atoms with Crippen molar-refractivity contribution in [2.24, 2.45) is 0 Å². The molecule has 1 heterocycles. The van der Waals surface area contributed by atoms with Crippen LogP contribution in [0.1, 0.15) is 11.3 Å². The van der Waals surface area contributed by atoms with E-state index in [0.717, 1.165) is 33.6 Å². The van der Waals surface area contributed by atoms with Gasteiger partial charge in [-0.2, -0.15) is 0 Å². The summed E-state index contributed by atoms with van der Waals surface area (Å²) in [6.07, 6.45) is 0. The van der Waals surface area contributed by atoms with Crippen LogP contribution in [0.2, 0.25) is 0 Å². The van der Waals surface area contributed by atoms with Gasteiger partial charge in [0.25, 0.3) is 0 Å². The van der Waals surface area contributed by atoms with E-state index in [0.29, 0.717) is 5.69 Å². The lowest BCUT2D eigenvalue weighted by Crippen LogP contribution is -1.97. The molecule has 0 saturated carbocycles. The fourth-order valence-corrected chi connectivity index (χ4v) is 2.51. The van der Waals surface area contributed by atoms with Crippen molar-refractivity contribution in [3.8, 4) is 11.5 Å². The van der Waals surface area contributed by atoms with Crippen LogP contribution in [0.4, 0.5) is 11.4 Å². The maximum Gasteiger partial charge on any atom is 0.145 e. The van der Waals surface area contributed by atoms with E-state index in [1.807, 2.05) is 50.2 Å². The number of phenolic OH excluding ortho intramolecular Hbond substituents is 1. The maximum atomic E-state index is 10.0. The molecule has 2 N–H and O–H groups in total. The lowest BCUT2D eigenvalue weighted by molar-refractivity contribution is 0.419. The van der Waals surface area contributed by atoms with Crippen molar-refractivity contribution >= 4 is 22.3 Å². The molecular formula is C18H18N2O2. The molecule has 0 saturated heterocycles. The minimum atomic E-state index is 0.219. The molecule has 3 rings (SSSR count). The number of aromatic hydroxyl groups is 1. The SMILES string of the molecule is COc1cccc2c(Nc3cc(C)ccc3O)cc(C)nc12. The summed E-state index contributed by atoms with van der Waals surface area (Å²) >= 11 is 0. The first kappa shape index (κ1) is 14.2. The number of anilines is 2. The van der Waals surface area contributed by atoms with Gasteiger partial charge >= 0.3 is 0 Å². The largest absolute Gasteiger partial charge is 0.506 e. The summed E-state index contributed by atoms with van der Waals surface area (Å²) in [4.78, 5) is 4.56. The van der Waals surface area contributed by atoms with Crippen LogP contribution in [0.25, 0.3) is 10.9 Å². The molecule has 0 spiro atoms. The lowest BCUT2D eigenvalue weighted by Gasteiger charge is -2.14. The molecule has 0 amide bonds. The fraction of sp³-hybridized carbons (Fsp3) is 0.167. The Morgan fingerprint density at radius 2 is 1.86 bits per heavy atom. The zero-order valence-electron chi connectivity index (χ0n) is 12.8. The molecule has 4 heteroatoms. The van der Waals surface area contributed by atoms with Crippen LogP contribution < -0.4 is 10.1 Å². The van der Waals surface area contributed by atoms with E-state index >= 15 is 0 Å². The van der Waals surface area contributed by atoms with Crippen LogP contribution >= 0.6 is 0 Å². The molecule has 0 aliphatic carbocycles. The van der Waals surface area contributed by atoms with Crippen LogP contribution in [0, 0.1) is 13.8 Å². The molecule has 4 nitrogen and oxygen atoms in total. The number of para-hydroxylation sites is 1. The number of rotatable bonds is 3. The topological polar surface area (TPSA) is 54.4 Å². The quantitative estimate of drug-likeness (QED) is 0.707. The van der Waals surface area contributed by atoms with Crippen molar-refractivity contribution in [1.29, 1.82) is 0 Å². The smallest absolute Gasteiger partial charge is 0.145 e. The highest BCUT2D eigenvalue weighted by Crippen LogP contribution is 2.34. The van der Waals surface area contributed by atoms with Gasteiger partial charge in [0.1, 0.15) is 17.0 Å². The second kappa shape index (κ2) is 5.56.